The van der Waals surface area contributed by atoms with E-state index >= 15 is 0 Å². The summed E-state index contributed by atoms with van der Waals surface area (Å²) in [4.78, 5) is 6.60. The minimum atomic E-state index is -3.71. The summed E-state index contributed by atoms with van der Waals surface area (Å²) in [6, 6.07) is 19.9. The van der Waals surface area contributed by atoms with Crippen LogP contribution in [0.4, 0.5) is 11.5 Å². The van der Waals surface area contributed by atoms with E-state index < -0.39 is 10.0 Å². The molecule has 28 heavy (non-hydrogen) atoms. The van der Waals surface area contributed by atoms with E-state index in [9.17, 15) is 8.42 Å². The van der Waals surface area contributed by atoms with Gasteiger partial charge in [-0.05, 0) is 48.9 Å². The Morgan fingerprint density at radius 2 is 1.71 bits per heavy atom. The predicted molar refractivity (Wildman–Crippen MR) is 111 cm³/mol. The number of rotatable bonds is 8. The number of hydrogen-bond acceptors (Lipinski definition) is 5. The van der Waals surface area contributed by atoms with Crippen LogP contribution in [0.3, 0.4) is 0 Å². The van der Waals surface area contributed by atoms with E-state index in [4.69, 9.17) is 4.74 Å². The summed E-state index contributed by atoms with van der Waals surface area (Å²) < 4.78 is 32.6. The van der Waals surface area contributed by atoms with Crippen LogP contribution >= 0.6 is 0 Å². The van der Waals surface area contributed by atoms with Crippen LogP contribution in [0.1, 0.15) is 12.5 Å². The van der Waals surface area contributed by atoms with E-state index in [0.29, 0.717) is 5.75 Å². The Hall–Kier alpha value is -3.06. The third-order valence-electron chi connectivity index (χ3n) is 4.32. The maximum Gasteiger partial charge on any atom is 0.263 e. The first kappa shape index (κ1) is 19.7. The van der Waals surface area contributed by atoms with Gasteiger partial charge >= 0.3 is 0 Å². The third kappa shape index (κ3) is 4.80. The smallest absolute Gasteiger partial charge is 0.263 e. The molecule has 0 saturated carbocycles. The molecule has 3 rings (SSSR count). The Balaban J connectivity index is 1.72. The van der Waals surface area contributed by atoms with Crippen molar-refractivity contribution in [3.05, 3.63) is 78.5 Å². The van der Waals surface area contributed by atoms with Crippen LogP contribution in [-0.4, -0.2) is 27.1 Å². The Labute approximate surface area is 165 Å². The van der Waals surface area contributed by atoms with Crippen molar-refractivity contribution in [3.8, 4) is 5.75 Å². The molecule has 0 aliphatic heterocycles. The fourth-order valence-electron chi connectivity index (χ4n) is 2.77. The summed E-state index contributed by atoms with van der Waals surface area (Å²) in [6.07, 6.45) is 1.68. The number of methoxy groups -OCH3 is 1. The molecular weight excluding hydrogens is 374 g/mol. The predicted octanol–water partition coefficient (Wildman–Crippen LogP) is 3.92. The minimum Gasteiger partial charge on any atom is -0.497 e. The molecule has 0 bridgehead atoms. The molecule has 2 aromatic carbocycles. The molecule has 0 saturated heterocycles. The lowest BCUT2D eigenvalue weighted by molar-refractivity contribution is 0.414. The van der Waals surface area contributed by atoms with Crippen LogP contribution in [0.2, 0.25) is 0 Å². The number of nitrogens with one attached hydrogen (secondary N) is 1. The van der Waals surface area contributed by atoms with Crippen LogP contribution in [-0.2, 0) is 16.6 Å². The van der Waals surface area contributed by atoms with E-state index in [-0.39, 0.29) is 10.7 Å². The van der Waals surface area contributed by atoms with E-state index in [2.05, 4.69) is 33.7 Å². The number of ether oxygens (including phenoxy) is 1. The van der Waals surface area contributed by atoms with Crippen molar-refractivity contribution in [2.45, 2.75) is 18.4 Å². The van der Waals surface area contributed by atoms with Crippen molar-refractivity contribution in [2.24, 2.45) is 0 Å². The van der Waals surface area contributed by atoms with Crippen molar-refractivity contribution in [1.82, 2.24) is 4.98 Å². The van der Waals surface area contributed by atoms with Gasteiger partial charge in [-0.25, -0.2) is 13.4 Å². The first-order valence-electron chi connectivity index (χ1n) is 8.93. The number of benzene rings is 2. The number of hydrogen-bond donors (Lipinski definition) is 1. The van der Waals surface area contributed by atoms with E-state index in [1.807, 2.05) is 24.3 Å². The number of aromatic nitrogens is 1. The van der Waals surface area contributed by atoms with Crippen LogP contribution in [0.5, 0.6) is 5.75 Å². The average Bonchev–Trinajstić information content (AvgIpc) is 2.73. The van der Waals surface area contributed by atoms with Crippen LogP contribution in [0.15, 0.2) is 77.8 Å². The number of pyridine rings is 1. The highest BCUT2D eigenvalue weighted by Crippen LogP contribution is 2.21. The van der Waals surface area contributed by atoms with Gasteiger partial charge in [-0.15, -0.1) is 0 Å². The highest BCUT2D eigenvalue weighted by molar-refractivity contribution is 7.92. The van der Waals surface area contributed by atoms with Gasteiger partial charge in [0.1, 0.15) is 11.6 Å². The molecule has 0 fully saturated rings. The fraction of sp³-hybridized carbons (Fsp3) is 0.190. The van der Waals surface area contributed by atoms with Crippen molar-refractivity contribution in [2.75, 3.05) is 23.3 Å². The fourth-order valence-corrected chi connectivity index (χ4v) is 3.78. The largest absolute Gasteiger partial charge is 0.497 e. The SMILES string of the molecule is CCN(Cc1ccccc1)c1ccc(NS(=O)(=O)c2ccc(OC)cc2)nc1. The summed E-state index contributed by atoms with van der Waals surface area (Å²) in [7, 11) is -2.17. The minimum absolute atomic E-state index is 0.151. The van der Waals surface area contributed by atoms with E-state index in [1.54, 1.807) is 24.4 Å². The highest BCUT2D eigenvalue weighted by Gasteiger charge is 2.15. The molecule has 0 aliphatic carbocycles. The van der Waals surface area contributed by atoms with Gasteiger partial charge in [0.05, 0.1) is 23.9 Å². The van der Waals surface area contributed by atoms with Crippen molar-refractivity contribution < 1.29 is 13.2 Å². The maximum absolute atomic E-state index is 12.5. The molecule has 0 unspecified atom stereocenters. The van der Waals surface area contributed by atoms with Crippen LogP contribution in [0, 0.1) is 0 Å². The quantitative estimate of drug-likeness (QED) is 0.624. The summed E-state index contributed by atoms with van der Waals surface area (Å²) in [6.45, 7) is 3.65. The molecule has 3 aromatic rings. The summed E-state index contributed by atoms with van der Waals surface area (Å²) in [5, 5.41) is 0. The van der Waals surface area contributed by atoms with Crippen LogP contribution < -0.4 is 14.4 Å². The molecule has 0 amide bonds. The van der Waals surface area contributed by atoms with Crippen LogP contribution in [0.25, 0.3) is 0 Å². The zero-order valence-corrected chi connectivity index (χ0v) is 16.7. The Bertz CT molecular complexity index is 989. The van der Waals surface area contributed by atoms with Gasteiger partial charge in [-0.2, -0.15) is 0 Å². The van der Waals surface area contributed by atoms with Gasteiger partial charge in [0, 0.05) is 13.1 Å². The lowest BCUT2D eigenvalue weighted by Gasteiger charge is -2.23. The molecule has 1 aromatic heterocycles. The molecule has 146 valence electrons. The second kappa shape index (κ2) is 8.75. The first-order valence-corrected chi connectivity index (χ1v) is 10.4. The summed E-state index contributed by atoms with van der Waals surface area (Å²) >= 11 is 0. The van der Waals surface area contributed by atoms with E-state index in [1.165, 1.54) is 24.8 Å². The van der Waals surface area contributed by atoms with Gasteiger partial charge in [0.2, 0.25) is 0 Å². The topological polar surface area (TPSA) is 71.5 Å². The molecule has 7 heteroatoms. The monoisotopic (exact) mass is 397 g/mol. The van der Waals surface area contributed by atoms with Gasteiger partial charge in [-0.3, -0.25) is 4.72 Å². The average molecular weight is 398 g/mol. The van der Waals surface area contributed by atoms with Crippen molar-refractivity contribution >= 4 is 21.5 Å². The van der Waals surface area contributed by atoms with E-state index in [0.717, 1.165) is 18.8 Å². The highest BCUT2D eigenvalue weighted by atomic mass is 32.2. The Kier molecular flexibility index (Phi) is 6.16. The second-order valence-corrected chi connectivity index (χ2v) is 7.86. The third-order valence-corrected chi connectivity index (χ3v) is 5.69. The number of sulfonamides is 1. The van der Waals surface area contributed by atoms with Gasteiger partial charge < -0.3 is 9.64 Å². The molecule has 0 spiro atoms. The lowest BCUT2D eigenvalue weighted by Crippen LogP contribution is -2.22. The van der Waals surface area contributed by atoms with Crippen molar-refractivity contribution in [3.63, 3.8) is 0 Å². The summed E-state index contributed by atoms with van der Waals surface area (Å²) in [5.41, 5.74) is 2.13. The zero-order valence-electron chi connectivity index (χ0n) is 15.9. The first-order chi connectivity index (χ1) is 13.5. The second-order valence-electron chi connectivity index (χ2n) is 6.18. The Morgan fingerprint density at radius 1 is 1.00 bits per heavy atom. The van der Waals surface area contributed by atoms with Gasteiger partial charge in [-0.1, -0.05) is 30.3 Å². The molecule has 1 heterocycles. The number of nitrogens with zero attached hydrogens (tertiary/aromatic N) is 2. The molecule has 0 atom stereocenters. The summed E-state index contributed by atoms with van der Waals surface area (Å²) in [5.74, 6) is 0.870. The standard InChI is InChI=1S/C21H23N3O3S/c1-3-24(16-17-7-5-4-6-8-17)18-9-14-21(22-15-18)23-28(25,26)20-12-10-19(27-2)11-13-20/h4-15H,3,16H2,1-2H3,(H,22,23). The molecule has 0 aliphatic rings. The molecular formula is C21H23N3O3S. The Morgan fingerprint density at radius 3 is 2.29 bits per heavy atom. The van der Waals surface area contributed by atoms with Gasteiger partial charge in [0.15, 0.2) is 0 Å². The molecule has 0 radical (unpaired) electrons. The van der Waals surface area contributed by atoms with Crippen molar-refractivity contribution in [1.29, 1.82) is 0 Å². The lowest BCUT2D eigenvalue weighted by atomic mass is 10.2. The molecule has 6 nitrogen and oxygen atoms in total. The normalized spacial score (nSPS) is 11.1. The zero-order chi connectivity index (χ0) is 20.0. The molecule has 1 N–H and O–H groups in total. The number of anilines is 2. The van der Waals surface area contributed by atoms with Gasteiger partial charge in [0.25, 0.3) is 10.0 Å². The maximum atomic E-state index is 12.5.